The Morgan fingerprint density at radius 1 is 1.04 bits per heavy atom. The highest BCUT2D eigenvalue weighted by Crippen LogP contribution is 2.40. The van der Waals surface area contributed by atoms with Gasteiger partial charge in [-0.1, -0.05) is 18.2 Å². The van der Waals surface area contributed by atoms with Crippen molar-refractivity contribution in [1.82, 2.24) is 5.06 Å². The van der Waals surface area contributed by atoms with Gasteiger partial charge in [-0.15, -0.1) is 0 Å². The van der Waals surface area contributed by atoms with E-state index in [1.165, 1.54) is 11.2 Å². The number of hydroxylamine groups is 3. The van der Waals surface area contributed by atoms with Gasteiger partial charge in [0.2, 0.25) is 5.71 Å². The Morgan fingerprint density at radius 2 is 1.62 bits per heavy atom. The van der Waals surface area contributed by atoms with Gasteiger partial charge < -0.3 is 5.21 Å². The normalized spacial score (nSPS) is 27.7. The van der Waals surface area contributed by atoms with Crippen molar-refractivity contribution in [2.75, 3.05) is 6.61 Å². The predicted molar refractivity (Wildman–Crippen MR) is 106 cm³/mol. The van der Waals surface area contributed by atoms with E-state index < -0.39 is 0 Å². The van der Waals surface area contributed by atoms with Crippen LogP contribution in [0.1, 0.15) is 72.8 Å². The molecule has 0 aromatic heterocycles. The van der Waals surface area contributed by atoms with Crippen LogP contribution in [-0.2, 0) is 4.84 Å². The maximum atomic E-state index is 13.1. The van der Waals surface area contributed by atoms with E-state index in [-0.39, 0.29) is 22.5 Å². The number of hydrogen-bond acceptors (Lipinski definition) is 3. The summed E-state index contributed by atoms with van der Waals surface area (Å²) in [4.78, 5) is 6.32. The molecule has 1 aromatic rings. The maximum Gasteiger partial charge on any atom is 0.200 e. The summed E-state index contributed by atoms with van der Waals surface area (Å²) in [6, 6.07) is 9.89. The highest BCUT2D eigenvalue weighted by Gasteiger charge is 2.47. The number of piperidine rings is 1. The van der Waals surface area contributed by atoms with E-state index in [4.69, 9.17) is 4.84 Å². The van der Waals surface area contributed by atoms with Crippen LogP contribution < -0.4 is 0 Å². The molecule has 0 bridgehead atoms. The van der Waals surface area contributed by atoms with E-state index in [9.17, 15) is 5.21 Å². The number of benzene rings is 1. The van der Waals surface area contributed by atoms with Gasteiger partial charge in [-0.25, -0.2) is 4.74 Å². The molecule has 0 amide bonds. The van der Waals surface area contributed by atoms with Gasteiger partial charge in [-0.3, -0.25) is 4.84 Å². The summed E-state index contributed by atoms with van der Waals surface area (Å²) in [7, 11) is 0. The third kappa shape index (κ3) is 3.54. The summed E-state index contributed by atoms with van der Waals surface area (Å²) >= 11 is 0. The molecule has 144 valence electrons. The van der Waals surface area contributed by atoms with Crippen LogP contribution in [-0.4, -0.2) is 39.2 Å². The van der Waals surface area contributed by atoms with E-state index in [0.717, 1.165) is 30.5 Å². The summed E-state index contributed by atoms with van der Waals surface area (Å²) in [5.74, 6) is 0. The van der Waals surface area contributed by atoms with Crippen LogP contribution in [0.3, 0.4) is 0 Å². The Labute approximate surface area is 158 Å². The van der Waals surface area contributed by atoms with Crippen LogP contribution in [0.15, 0.2) is 30.3 Å². The molecule has 4 nitrogen and oxygen atoms in total. The second-order valence-corrected chi connectivity index (χ2v) is 9.85. The fourth-order valence-corrected chi connectivity index (χ4v) is 4.98. The van der Waals surface area contributed by atoms with Gasteiger partial charge in [0.1, 0.15) is 6.61 Å². The Kier molecular flexibility index (Phi) is 4.95. The van der Waals surface area contributed by atoms with Gasteiger partial charge in [0.05, 0.1) is 5.41 Å². The SMILES string of the molecule is CC1(C)CC(CON2C(C)(C)CCCC2(C)C)[N+]([O-])=C1c1ccccc1. The van der Waals surface area contributed by atoms with Crippen LogP contribution in [0.2, 0.25) is 0 Å². The summed E-state index contributed by atoms with van der Waals surface area (Å²) in [5.41, 5.74) is 1.74. The molecular formula is C22H34N2O2. The zero-order valence-corrected chi connectivity index (χ0v) is 17.2. The summed E-state index contributed by atoms with van der Waals surface area (Å²) in [6.45, 7) is 13.7. The molecular weight excluding hydrogens is 324 g/mol. The van der Waals surface area contributed by atoms with Crippen LogP contribution in [0.25, 0.3) is 0 Å². The van der Waals surface area contributed by atoms with E-state index in [0.29, 0.717) is 6.61 Å². The average molecular weight is 359 g/mol. The molecule has 1 aromatic carbocycles. The fraction of sp³-hybridized carbons (Fsp3) is 0.682. The van der Waals surface area contributed by atoms with Crippen LogP contribution in [0, 0.1) is 10.6 Å². The van der Waals surface area contributed by atoms with Crippen molar-refractivity contribution in [3.63, 3.8) is 0 Å². The van der Waals surface area contributed by atoms with Crippen LogP contribution in [0.4, 0.5) is 0 Å². The lowest BCUT2D eigenvalue weighted by Crippen LogP contribution is -2.58. The topological polar surface area (TPSA) is 38.5 Å². The quantitative estimate of drug-likeness (QED) is 0.575. The molecule has 0 saturated carbocycles. The first-order valence-corrected chi connectivity index (χ1v) is 9.87. The molecule has 3 rings (SSSR count). The van der Waals surface area contributed by atoms with Crippen LogP contribution >= 0.6 is 0 Å². The van der Waals surface area contributed by atoms with Crippen LogP contribution in [0.5, 0.6) is 0 Å². The molecule has 1 unspecified atom stereocenters. The zero-order valence-electron chi connectivity index (χ0n) is 17.2. The lowest BCUT2D eigenvalue weighted by Gasteiger charge is -2.51. The van der Waals surface area contributed by atoms with Gasteiger partial charge in [0, 0.05) is 23.1 Å². The first-order valence-electron chi connectivity index (χ1n) is 9.87. The molecule has 0 radical (unpaired) electrons. The average Bonchev–Trinajstić information content (AvgIpc) is 2.75. The molecule has 26 heavy (non-hydrogen) atoms. The fourth-order valence-electron chi connectivity index (χ4n) is 4.98. The summed E-state index contributed by atoms with van der Waals surface area (Å²) in [5, 5.41) is 15.3. The maximum absolute atomic E-state index is 13.1. The summed E-state index contributed by atoms with van der Waals surface area (Å²) in [6.07, 6.45) is 4.27. The third-order valence-corrected chi connectivity index (χ3v) is 6.06. The van der Waals surface area contributed by atoms with E-state index >= 15 is 0 Å². The highest BCUT2D eigenvalue weighted by atomic mass is 16.7. The Hall–Kier alpha value is -1.39. The summed E-state index contributed by atoms with van der Waals surface area (Å²) < 4.78 is 1.21. The highest BCUT2D eigenvalue weighted by molar-refractivity contribution is 6.01. The molecule has 1 fully saturated rings. The molecule has 0 aliphatic carbocycles. The standard InChI is InChI=1S/C22H34N2O2/c1-20(2)15-18(23(25)19(20)17-11-8-7-9-12-17)16-26-24-21(3,4)13-10-14-22(24,5)6/h7-9,11-12,18H,10,13-16H2,1-6H3. The number of hydrogen-bond donors (Lipinski definition) is 0. The second-order valence-electron chi connectivity index (χ2n) is 9.85. The van der Waals surface area contributed by atoms with E-state index in [1.807, 2.05) is 30.3 Å². The Balaban J connectivity index is 1.80. The van der Waals surface area contributed by atoms with Crippen molar-refractivity contribution >= 4 is 5.71 Å². The largest absolute Gasteiger partial charge is 0.623 e. The lowest BCUT2D eigenvalue weighted by molar-refractivity contribution is -0.504. The molecule has 0 N–H and O–H groups in total. The van der Waals surface area contributed by atoms with Gasteiger partial charge in [0.25, 0.3) is 0 Å². The van der Waals surface area contributed by atoms with E-state index in [1.54, 1.807) is 0 Å². The molecule has 1 atom stereocenters. The van der Waals surface area contributed by atoms with Crippen molar-refractivity contribution in [2.45, 2.75) is 84.3 Å². The zero-order chi connectivity index (χ0) is 19.2. The van der Waals surface area contributed by atoms with Crippen molar-refractivity contribution in [2.24, 2.45) is 5.41 Å². The Bertz CT molecular complexity index is 661. The van der Waals surface area contributed by atoms with Crippen molar-refractivity contribution in [3.8, 4) is 0 Å². The first-order chi connectivity index (χ1) is 12.0. The minimum Gasteiger partial charge on any atom is -0.623 e. The Morgan fingerprint density at radius 3 is 2.19 bits per heavy atom. The number of nitrogens with zero attached hydrogens (tertiary/aromatic N) is 2. The minimum absolute atomic E-state index is 0.00440. The van der Waals surface area contributed by atoms with Gasteiger partial charge in [0.15, 0.2) is 6.04 Å². The van der Waals surface area contributed by atoms with Crippen molar-refractivity contribution in [3.05, 3.63) is 41.1 Å². The first kappa shape index (κ1) is 19.4. The smallest absolute Gasteiger partial charge is 0.200 e. The monoisotopic (exact) mass is 358 g/mol. The second kappa shape index (κ2) is 6.65. The van der Waals surface area contributed by atoms with Crippen molar-refractivity contribution < 1.29 is 9.58 Å². The third-order valence-electron chi connectivity index (χ3n) is 6.06. The molecule has 4 heteroatoms. The van der Waals surface area contributed by atoms with Crippen molar-refractivity contribution in [1.29, 1.82) is 0 Å². The van der Waals surface area contributed by atoms with Gasteiger partial charge in [-0.05, 0) is 72.9 Å². The molecule has 2 heterocycles. The predicted octanol–water partition coefficient (Wildman–Crippen LogP) is 4.76. The van der Waals surface area contributed by atoms with Gasteiger partial charge >= 0.3 is 0 Å². The minimum atomic E-state index is -0.149. The lowest BCUT2D eigenvalue weighted by atomic mass is 9.81. The molecule has 2 aliphatic heterocycles. The molecule has 1 saturated heterocycles. The van der Waals surface area contributed by atoms with Gasteiger partial charge in [-0.2, -0.15) is 5.06 Å². The van der Waals surface area contributed by atoms with E-state index in [2.05, 4.69) is 46.6 Å². The number of rotatable bonds is 4. The molecule has 0 spiro atoms. The molecule has 2 aliphatic rings.